The Balaban J connectivity index is 1.95. The first-order valence-electron chi connectivity index (χ1n) is 11.4. The normalized spacial score (nSPS) is 24.2. The molecule has 1 fully saturated rings. The minimum absolute atomic E-state index is 0.199. The highest BCUT2D eigenvalue weighted by Gasteiger charge is 2.31. The Kier molecular flexibility index (Phi) is 9.17. The smallest absolute Gasteiger partial charge is 0.405 e. The van der Waals surface area contributed by atoms with E-state index in [1.807, 2.05) is 6.08 Å². The first kappa shape index (κ1) is 25.0. The minimum Gasteiger partial charge on any atom is -0.441 e. The van der Waals surface area contributed by atoms with Crippen LogP contribution in [-0.4, -0.2) is 54.7 Å². The number of primary amides is 1. The summed E-state index contributed by atoms with van der Waals surface area (Å²) in [4.78, 5) is 16.4. The van der Waals surface area contributed by atoms with Crippen LogP contribution in [-0.2, 0) is 4.74 Å². The quantitative estimate of drug-likeness (QED) is 0.560. The molecule has 3 unspecified atom stereocenters. The third kappa shape index (κ3) is 7.42. The van der Waals surface area contributed by atoms with Crippen LogP contribution in [0.2, 0.25) is 0 Å². The van der Waals surface area contributed by atoms with Crippen molar-refractivity contribution in [2.75, 3.05) is 32.7 Å². The van der Waals surface area contributed by atoms with Crippen LogP contribution >= 0.6 is 0 Å². The Morgan fingerprint density at radius 3 is 2.52 bits per heavy atom. The second-order valence-electron chi connectivity index (χ2n) is 9.63. The fraction of sp³-hybridized carbons (Fsp3) is 0.577. The maximum absolute atomic E-state index is 11.6. The number of allylic oxidation sites excluding steroid dienone is 6. The zero-order valence-electron chi connectivity index (χ0n) is 20.0. The molecule has 172 valence electrons. The highest BCUT2D eigenvalue weighted by atomic mass is 16.6. The van der Waals surface area contributed by atoms with Crippen LogP contribution in [0, 0.1) is 17.3 Å². The van der Waals surface area contributed by atoms with E-state index in [1.54, 1.807) is 6.08 Å². The Hall–Kier alpha value is -2.27. The molecule has 0 radical (unpaired) electrons. The van der Waals surface area contributed by atoms with Crippen LogP contribution in [0.3, 0.4) is 0 Å². The number of ether oxygens (including phenoxy) is 1. The van der Waals surface area contributed by atoms with Gasteiger partial charge in [-0.1, -0.05) is 70.7 Å². The van der Waals surface area contributed by atoms with E-state index in [0.29, 0.717) is 11.8 Å². The van der Waals surface area contributed by atoms with Crippen molar-refractivity contribution >= 4 is 6.09 Å². The number of carbonyl (C=O) groups is 1. The molecule has 1 heterocycles. The molecule has 0 spiro atoms. The average molecular weight is 428 g/mol. The topological polar surface area (TPSA) is 58.8 Å². The minimum atomic E-state index is -0.707. The van der Waals surface area contributed by atoms with Crippen LogP contribution in [0.25, 0.3) is 0 Å². The van der Waals surface area contributed by atoms with Gasteiger partial charge in [-0.25, -0.2) is 4.79 Å². The zero-order valence-corrected chi connectivity index (χ0v) is 20.0. The van der Waals surface area contributed by atoms with Crippen LogP contribution in [0.15, 0.2) is 60.4 Å². The van der Waals surface area contributed by atoms with Crippen molar-refractivity contribution in [2.24, 2.45) is 23.0 Å². The molecule has 5 heteroatoms. The van der Waals surface area contributed by atoms with E-state index in [0.717, 1.165) is 44.7 Å². The third-order valence-corrected chi connectivity index (χ3v) is 6.29. The Labute approximate surface area is 189 Å². The molecule has 5 nitrogen and oxygen atoms in total. The van der Waals surface area contributed by atoms with Gasteiger partial charge in [0, 0.05) is 44.8 Å². The zero-order chi connectivity index (χ0) is 23.0. The van der Waals surface area contributed by atoms with Crippen molar-refractivity contribution < 1.29 is 9.53 Å². The van der Waals surface area contributed by atoms with E-state index in [2.05, 4.69) is 81.4 Å². The summed E-state index contributed by atoms with van der Waals surface area (Å²) >= 11 is 0. The van der Waals surface area contributed by atoms with Gasteiger partial charge < -0.3 is 15.4 Å². The highest BCUT2D eigenvalue weighted by molar-refractivity contribution is 5.65. The van der Waals surface area contributed by atoms with Crippen molar-refractivity contribution in [3.63, 3.8) is 0 Å². The average Bonchev–Trinajstić information content (AvgIpc) is 2.71. The Bertz CT molecular complexity index is 734. The Morgan fingerprint density at radius 2 is 2.00 bits per heavy atom. The first-order chi connectivity index (χ1) is 14.7. The molecule has 0 bridgehead atoms. The summed E-state index contributed by atoms with van der Waals surface area (Å²) < 4.78 is 5.53. The van der Waals surface area contributed by atoms with Crippen LogP contribution < -0.4 is 5.73 Å². The van der Waals surface area contributed by atoms with Gasteiger partial charge in [0.15, 0.2) is 0 Å². The van der Waals surface area contributed by atoms with Gasteiger partial charge in [-0.2, -0.15) is 0 Å². The van der Waals surface area contributed by atoms with Gasteiger partial charge in [-0.05, 0) is 35.8 Å². The summed E-state index contributed by atoms with van der Waals surface area (Å²) in [6.45, 7) is 19.7. The number of carbonyl (C=O) groups excluding carboxylic acids is 1. The summed E-state index contributed by atoms with van der Waals surface area (Å²) in [6.07, 6.45) is 14.4. The molecule has 0 aromatic carbocycles. The summed E-state index contributed by atoms with van der Waals surface area (Å²) in [5.74, 6) is 0.861. The highest BCUT2D eigenvalue weighted by Crippen LogP contribution is 2.38. The number of nitrogens with zero attached hydrogens (tertiary/aromatic N) is 2. The first-order valence-corrected chi connectivity index (χ1v) is 11.4. The standard InChI is InChI=1S/C26H41N3O2/c1-7-9-10-22(8-2)29-17-15-28(16-18-29)14-13-24(31-25(27)30)21-11-12-23(20(3)19-21)26(4,5)6/h7-12,19-20,23-24H,1,13-18H2,2-6H3,(H2,27,30)/b10-9-,22-8+. The number of piperazine rings is 1. The lowest BCUT2D eigenvalue weighted by Crippen LogP contribution is -2.46. The number of hydrogen-bond donors (Lipinski definition) is 1. The molecule has 1 aliphatic carbocycles. The molecule has 1 saturated heterocycles. The lowest BCUT2D eigenvalue weighted by atomic mass is 9.71. The van der Waals surface area contributed by atoms with Crippen molar-refractivity contribution in [1.29, 1.82) is 0 Å². The van der Waals surface area contributed by atoms with E-state index in [1.165, 1.54) is 5.70 Å². The summed E-state index contributed by atoms with van der Waals surface area (Å²) in [5, 5.41) is 0. The van der Waals surface area contributed by atoms with Crippen molar-refractivity contribution in [1.82, 2.24) is 9.80 Å². The number of hydrogen-bond acceptors (Lipinski definition) is 4. The third-order valence-electron chi connectivity index (χ3n) is 6.29. The van der Waals surface area contributed by atoms with Crippen molar-refractivity contribution in [2.45, 2.75) is 47.1 Å². The van der Waals surface area contributed by atoms with Gasteiger partial charge in [-0.15, -0.1) is 0 Å². The maximum atomic E-state index is 11.6. The summed E-state index contributed by atoms with van der Waals surface area (Å²) in [7, 11) is 0. The van der Waals surface area contributed by atoms with Crippen LogP contribution in [0.1, 0.15) is 41.0 Å². The molecule has 2 N–H and O–H groups in total. The molecule has 1 amide bonds. The van der Waals surface area contributed by atoms with Gasteiger partial charge >= 0.3 is 6.09 Å². The van der Waals surface area contributed by atoms with E-state index in [9.17, 15) is 4.79 Å². The summed E-state index contributed by atoms with van der Waals surface area (Å²) in [6, 6.07) is 0. The van der Waals surface area contributed by atoms with E-state index in [4.69, 9.17) is 10.5 Å². The van der Waals surface area contributed by atoms with Gasteiger partial charge in [0.05, 0.1) is 0 Å². The molecule has 1 aliphatic heterocycles. The van der Waals surface area contributed by atoms with Gasteiger partial charge in [0.1, 0.15) is 6.10 Å². The molecule has 3 atom stereocenters. The summed E-state index contributed by atoms with van der Waals surface area (Å²) in [5.41, 5.74) is 7.89. The fourth-order valence-corrected chi connectivity index (χ4v) is 4.66. The van der Waals surface area contributed by atoms with Crippen LogP contribution in [0.4, 0.5) is 4.79 Å². The van der Waals surface area contributed by atoms with Gasteiger partial charge in [0.2, 0.25) is 0 Å². The number of amides is 1. The molecule has 0 aromatic heterocycles. The van der Waals surface area contributed by atoms with Crippen LogP contribution in [0.5, 0.6) is 0 Å². The monoisotopic (exact) mass is 427 g/mol. The molecule has 0 saturated carbocycles. The largest absolute Gasteiger partial charge is 0.441 e. The molecule has 0 aromatic rings. The molecular formula is C26H41N3O2. The fourth-order valence-electron chi connectivity index (χ4n) is 4.66. The second kappa shape index (κ2) is 11.4. The van der Waals surface area contributed by atoms with E-state index < -0.39 is 6.09 Å². The predicted octanol–water partition coefficient (Wildman–Crippen LogP) is 4.90. The molecular weight excluding hydrogens is 386 g/mol. The van der Waals surface area contributed by atoms with Gasteiger partial charge in [0.25, 0.3) is 0 Å². The maximum Gasteiger partial charge on any atom is 0.405 e. The molecule has 31 heavy (non-hydrogen) atoms. The van der Waals surface area contributed by atoms with E-state index in [-0.39, 0.29) is 11.5 Å². The number of nitrogens with two attached hydrogens (primary N) is 1. The lowest BCUT2D eigenvalue weighted by molar-refractivity contribution is 0.101. The van der Waals surface area contributed by atoms with Crippen molar-refractivity contribution in [3.8, 4) is 0 Å². The molecule has 2 rings (SSSR count). The Morgan fingerprint density at radius 1 is 1.32 bits per heavy atom. The predicted molar refractivity (Wildman–Crippen MR) is 130 cm³/mol. The SMILES string of the molecule is C=C/C=C\C(=C/C)N1CCN(CCC(OC(N)=O)C2=CC(C)C(C(C)(C)C)C=C2)CC1. The number of rotatable bonds is 8. The van der Waals surface area contributed by atoms with Gasteiger partial charge in [-0.3, -0.25) is 4.90 Å². The lowest BCUT2D eigenvalue weighted by Gasteiger charge is -2.37. The van der Waals surface area contributed by atoms with E-state index >= 15 is 0 Å². The second-order valence-corrected chi connectivity index (χ2v) is 9.63. The van der Waals surface area contributed by atoms with Crippen molar-refractivity contribution in [3.05, 3.63) is 60.4 Å². The molecule has 2 aliphatic rings.